The van der Waals surface area contributed by atoms with Gasteiger partial charge in [-0.2, -0.15) is 0 Å². The summed E-state index contributed by atoms with van der Waals surface area (Å²) in [5, 5.41) is 2.79. The summed E-state index contributed by atoms with van der Waals surface area (Å²) in [6.45, 7) is 4.42. The smallest absolute Gasteiger partial charge is 0.308 e. The van der Waals surface area contributed by atoms with E-state index in [1.165, 1.54) is 39.2 Å². The van der Waals surface area contributed by atoms with Crippen LogP contribution in [0, 0.1) is 11.8 Å². The Morgan fingerprint density at radius 1 is 0.880 bits per heavy atom. The molecule has 13 heteroatoms. The fraction of sp³-hybridized carbons (Fsp3) is 0.432. The zero-order valence-corrected chi connectivity index (χ0v) is 28.7. The molecule has 0 aliphatic carbocycles. The molecule has 264 valence electrons. The number of imidazole rings is 1. The number of carbonyl (C=O) groups is 4. The van der Waals surface area contributed by atoms with E-state index in [2.05, 4.69) is 32.4 Å². The first-order valence-corrected chi connectivity index (χ1v) is 16.8. The molecular weight excluding hydrogens is 642 g/mol. The minimum atomic E-state index is -1.03. The maximum Gasteiger partial charge on any atom is 0.308 e. The van der Waals surface area contributed by atoms with Gasteiger partial charge in [0.15, 0.2) is 35.4 Å². The lowest BCUT2D eigenvalue weighted by Crippen LogP contribution is -2.39. The molecular formula is C37H43N5O8. The Hall–Kier alpha value is -5.17. The summed E-state index contributed by atoms with van der Waals surface area (Å²) in [7, 11) is 1.38. The van der Waals surface area contributed by atoms with Gasteiger partial charge in [-0.3, -0.25) is 23.7 Å². The molecule has 5 rings (SSSR count). The zero-order valence-electron chi connectivity index (χ0n) is 28.7. The average Bonchev–Trinajstić information content (AvgIpc) is 3.68. The zero-order chi connectivity index (χ0) is 35.6. The number of fused-ring (bicyclic) bond motifs is 1. The molecule has 0 saturated carbocycles. The molecule has 1 saturated heterocycles. The van der Waals surface area contributed by atoms with Crippen molar-refractivity contribution < 1.29 is 38.1 Å². The van der Waals surface area contributed by atoms with Crippen LogP contribution in [0.15, 0.2) is 73.3 Å². The van der Waals surface area contributed by atoms with E-state index in [9.17, 15) is 19.2 Å². The van der Waals surface area contributed by atoms with Gasteiger partial charge in [-0.05, 0) is 55.7 Å². The molecule has 0 radical (unpaired) electrons. The Labute approximate surface area is 290 Å². The lowest BCUT2D eigenvalue weighted by Gasteiger charge is -2.26. The second-order valence-electron chi connectivity index (χ2n) is 12.6. The van der Waals surface area contributed by atoms with Gasteiger partial charge in [0, 0.05) is 19.4 Å². The number of amides is 1. The van der Waals surface area contributed by atoms with E-state index >= 15 is 0 Å². The first kappa shape index (κ1) is 36.1. The third-order valence-corrected chi connectivity index (χ3v) is 8.89. The number of methoxy groups -OCH3 is 1. The standard InChI is InChI=1S/C37H43N5O8/c1-23(37(46)47-4)18-19-27(15-11-14-26-12-7-5-8-13-26)20-29-31(48-24(2)43)32(49-25(3)44)36(50-29)42-22-40-30-33(38-21-39-34(30)42)41-35(45)28-16-9-6-10-17-28/h5-10,12-13,16-17,21-23,27,29,31-32,36H,11,14-15,18-20H2,1-4H3,(H,38,39,41,45)/t23-,27-,29+,31-,32?,36+/m0/s1. The number of hydrogen-bond acceptors (Lipinski definition) is 11. The molecule has 1 N–H and O–H groups in total. The topological polar surface area (TPSA) is 161 Å². The van der Waals surface area contributed by atoms with Crippen LogP contribution in [-0.2, 0) is 39.8 Å². The van der Waals surface area contributed by atoms with E-state index < -0.39 is 36.5 Å². The Morgan fingerprint density at radius 2 is 1.56 bits per heavy atom. The van der Waals surface area contributed by atoms with Crippen LogP contribution in [0.5, 0.6) is 0 Å². The predicted octanol–water partition coefficient (Wildman–Crippen LogP) is 5.46. The second kappa shape index (κ2) is 17.0. The summed E-state index contributed by atoms with van der Waals surface area (Å²) in [4.78, 5) is 63.2. The molecule has 1 aliphatic heterocycles. The molecule has 1 unspecified atom stereocenters. The van der Waals surface area contributed by atoms with Crippen LogP contribution in [0.3, 0.4) is 0 Å². The average molecular weight is 686 g/mol. The third kappa shape index (κ3) is 9.08. The summed E-state index contributed by atoms with van der Waals surface area (Å²) in [5.74, 6) is -1.80. The van der Waals surface area contributed by atoms with E-state index in [1.807, 2.05) is 31.2 Å². The molecule has 4 aromatic rings. The van der Waals surface area contributed by atoms with Crippen molar-refractivity contribution in [3.63, 3.8) is 0 Å². The quantitative estimate of drug-likeness (QED) is 0.125. The molecule has 3 heterocycles. The van der Waals surface area contributed by atoms with Gasteiger partial charge in [0.25, 0.3) is 5.91 Å². The van der Waals surface area contributed by atoms with E-state index in [-0.39, 0.29) is 29.5 Å². The van der Waals surface area contributed by atoms with Crippen LogP contribution < -0.4 is 5.32 Å². The fourth-order valence-electron chi connectivity index (χ4n) is 6.42. The first-order valence-electron chi connectivity index (χ1n) is 16.8. The maximum atomic E-state index is 12.9. The van der Waals surface area contributed by atoms with Gasteiger partial charge >= 0.3 is 17.9 Å². The number of anilines is 1. The van der Waals surface area contributed by atoms with Crippen LogP contribution in [0.1, 0.15) is 75.0 Å². The van der Waals surface area contributed by atoms with Crippen molar-refractivity contribution in [3.8, 4) is 0 Å². The normalized spacial score (nSPS) is 19.8. The molecule has 1 fully saturated rings. The molecule has 50 heavy (non-hydrogen) atoms. The largest absolute Gasteiger partial charge is 0.469 e. The van der Waals surface area contributed by atoms with E-state index in [1.54, 1.807) is 28.8 Å². The number of aryl methyl sites for hydroxylation is 1. The van der Waals surface area contributed by atoms with Crippen molar-refractivity contribution in [2.45, 2.75) is 83.8 Å². The van der Waals surface area contributed by atoms with Crippen molar-refractivity contribution in [2.24, 2.45) is 11.8 Å². The van der Waals surface area contributed by atoms with Crippen LogP contribution in [0.25, 0.3) is 11.2 Å². The van der Waals surface area contributed by atoms with E-state index in [4.69, 9.17) is 18.9 Å². The number of nitrogens with one attached hydrogen (secondary N) is 1. The summed E-state index contributed by atoms with van der Waals surface area (Å²) in [6, 6.07) is 18.9. The lowest BCUT2D eigenvalue weighted by molar-refractivity contribution is -0.165. The first-order chi connectivity index (χ1) is 24.1. The van der Waals surface area contributed by atoms with Gasteiger partial charge in [0.1, 0.15) is 12.4 Å². The van der Waals surface area contributed by atoms with Crippen LogP contribution in [0.2, 0.25) is 0 Å². The summed E-state index contributed by atoms with van der Waals surface area (Å²) in [5.41, 5.74) is 2.29. The molecule has 0 spiro atoms. The highest BCUT2D eigenvalue weighted by molar-refractivity contribution is 6.06. The monoisotopic (exact) mass is 685 g/mol. The molecule has 13 nitrogen and oxygen atoms in total. The van der Waals surface area contributed by atoms with Gasteiger partial charge in [-0.1, -0.05) is 61.9 Å². The number of esters is 3. The van der Waals surface area contributed by atoms with Crippen LogP contribution in [-0.4, -0.2) is 68.8 Å². The number of ether oxygens (including phenoxy) is 4. The predicted molar refractivity (Wildman–Crippen MR) is 183 cm³/mol. The van der Waals surface area contributed by atoms with Crippen molar-refractivity contribution in [1.82, 2.24) is 19.5 Å². The molecule has 0 bridgehead atoms. The fourth-order valence-corrected chi connectivity index (χ4v) is 6.42. The highest BCUT2D eigenvalue weighted by atomic mass is 16.6. The van der Waals surface area contributed by atoms with Crippen molar-refractivity contribution in [1.29, 1.82) is 0 Å². The Kier molecular flexibility index (Phi) is 12.3. The molecule has 1 amide bonds. The van der Waals surface area contributed by atoms with Gasteiger partial charge in [-0.25, -0.2) is 15.0 Å². The number of aromatic nitrogens is 4. The Bertz CT molecular complexity index is 1770. The second-order valence-corrected chi connectivity index (χ2v) is 12.6. The van der Waals surface area contributed by atoms with E-state index in [0.29, 0.717) is 36.0 Å². The molecule has 1 aliphatic rings. The van der Waals surface area contributed by atoms with Crippen molar-refractivity contribution in [2.75, 3.05) is 12.4 Å². The summed E-state index contributed by atoms with van der Waals surface area (Å²) >= 11 is 0. The Morgan fingerprint density at radius 3 is 2.24 bits per heavy atom. The van der Waals surface area contributed by atoms with Crippen molar-refractivity contribution in [3.05, 3.63) is 84.4 Å². The minimum absolute atomic E-state index is 0.0762. The maximum absolute atomic E-state index is 12.9. The minimum Gasteiger partial charge on any atom is -0.469 e. The summed E-state index contributed by atoms with van der Waals surface area (Å²) < 4.78 is 24.8. The van der Waals surface area contributed by atoms with Crippen LogP contribution >= 0.6 is 0 Å². The highest BCUT2D eigenvalue weighted by Crippen LogP contribution is 2.40. The van der Waals surface area contributed by atoms with Gasteiger partial charge < -0.3 is 24.3 Å². The number of benzene rings is 2. The Balaban J connectivity index is 1.42. The van der Waals surface area contributed by atoms with Gasteiger partial charge in [0.05, 0.1) is 19.4 Å². The van der Waals surface area contributed by atoms with E-state index in [0.717, 1.165) is 19.3 Å². The highest BCUT2D eigenvalue weighted by Gasteiger charge is 2.51. The summed E-state index contributed by atoms with van der Waals surface area (Å²) in [6.07, 6.45) is 3.53. The SMILES string of the molecule is COC(=O)[C@@H](C)CC[C@H](CCCc1ccccc1)C[C@H]1O[C@@H](n2cnc3c(NC(=O)c4ccccc4)ncnc32)C(OC(C)=O)[C@H]1OC(C)=O. The third-order valence-electron chi connectivity index (χ3n) is 8.89. The lowest BCUT2D eigenvalue weighted by atomic mass is 9.86. The van der Waals surface area contributed by atoms with Crippen molar-refractivity contribution >= 4 is 40.8 Å². The molecule has 6 atom stereocenters. The number of carbonyl (C=O) groups excluding carboxylic acids is 4. The molecule has 2 aromatic carbocycles. The number of nitrogens with zero attached hydrogens (tertiary/aromatic N) is 4. The van der Waals surface area contributed by atoms with Gasteiger partial charge in [0.2, 0.25) is 0 Å². The number of rotatable bonds is 15. The number of hydrogen-bond donors (Lipinski definition) is 1. The van der Waals surface area contributed by atoms with Gasteiger partial charge in [-0.15, -0.1) is 0 Å². The van der Waals surface area contributed by atoms with Crippen LogP contribution in [0.4, 0.5) is 5.82 Å². The molecule has 2 aromatic heterocycles.